The second kappa shape index (κ2) is 3.79. The van der Waals surface area contributed by atoms with E-state index in [0.29, 0.717) is 11.7 Å². The van der Waals surface area contributed by atoms with Gasteiger partial charge in [0.05, 0.1) is 0 Å². The van der Waals surface area contributed by atoms with Gasteiger partial charge in [0.2, 0.25) is 0 Å². The Morgan fingerprint density at radius 1 is 1.33 bits per heavy atom. The van der Waals surface area contributed by atoms with Crippen molar-refractivity contribution in [3.8, 4) is 0 Å². The summed E-state index contributed by atoms with van der Waals surface area (Å²) < 4.78 is 0. The summed E-state index contributed by atoms with van der Waals surface area (Å²) in [4.78, 5) is 13.2. The molecule has 0 unspecified atom stereocenters. The van der Waals surface area contributed by atoms with Crippen molar-refractivity contribution in [1.82, 2.24) is 4.90 Å². The fourth-order valence-electron chi connectivity index (χ4n) is 1.86. The molecular formula is C9H15NOS. The van der Waals surface area contributed by atoms with E-state index in [1.807, 2.05) is 11.8 Å². The molecule has 1 heterocycles. The summed E-state index contributed by atoms with van der Waals surface area (Å²) >= 11 is 2.04. The lowest BCUT2D eigenvalue weighted by Gasteiger charge is -2.33. The van der Waals surface area contributed by atoms with E-state index >= 15 is 0 Å². The molecule has 0 amide bonds. The Bertz CT molecular complexity index is 169. The van der Waals surface area contributed by atoms with Crippen molar-refractivity contribution in [2.24, 2.45) is 5.92 Å². The second-order valence-electron chi connectivity index (χ2n) is 3.73. The molecule has 2 nitrogen and oxygen atoms in total. The summed E-state index contributed by atoms with van der Waals surface area (Å²) in [6.07, 6.45) is 1.70. The summed E-state index contributed by atoms with van der Waals surface area (Å²) in [7, 11) is 0. The minimum Gasteiger partial charge on any atom is -0.301 e. The number of ketones is 1. The van der Waals surface area contributed by atoms with Gasteiger partial charge in [-0.25, -0.2) is 0 Å². The van der Waals surface area contributed by atoms with Gasteiger partial charge in [0.25, 0.3) is 0 Å². The molecule has 1 aliphatic heterocycles. The summed E-state index contributed by atoms with van der Waals surface area (Å²) in [5.74, 6) is 3.72. The van der Waals surface area contributed by atoms with Crippen molar-refractivity contribution < 1.29 is 4.79 Å². The van der Waals surface area contributed by atoms with Crippen LogP contribution < -0.4 is 0 Å². The van der Waals surface area contributed by atoms with E-state index in [2.05, 4.69) is 4.90 Å². The fraction of sp³-hybridized carbons (Fsp3) is 0.889. The molecule has 0 N–H and O–H groups in total. The molecule has 68 valence electrons. The van der Waals surface area contributed by atoms with Crippen LogP contribution in [-0.2, 0) is 4.79 Å². The molecule has 12 heavy (non-hydrogen) atoms. The standard InChI is InChI=1S/C9H15NOS/c11-9-5-8(6-9)7-10-1-3-12-4-2-10/h8H,1-7H2. The van der Waals surface area contributed by atoms with Gasteiger partial charge in [-0.05, 0) is 5.92 Å². The third-order valence-corrected chi connectivity index (χ3v) is 3.60. The van der Waals surface area contributed by atoms with Gasteiger partial charge in [-0.3, -0.25) is 4.79 Å². The summed E-state index contributed by atoms with van der Waals surface area (Å²) in [6, 6.07) is 0. The number of carbonyl (C=O) groups is 1. The predicted molar refractivity (Wildman–Crippen MR) is 51.5 cm³/mol. The molecule has 1 saturated heterocycles. The van der Waals surface area contributed by atoms with Crippen molar-refractivity contribution in [2.45, 2.75) is 12.8 Å². The third kappa shape index (κ3) is 2.02. The molecule has 2 aliphatic rings. The van der Waals surface area contributed by atoms with Crippen LogP contribution >= 0.6 is 11.8 Å². The highest BCUT2D eigenvalue weighted by Crippen LogP contribution is 2.24. The lowest BCUT2D eigenvalue weighted by atomic mass is 9.83. The lowest BCUT2D eigenvalue weighted by molar-refractivity contribution is -0.127. The number of rotatable bonds is 2. The van der Waals surface area contributed by atoms with Crippen molar-refractivity contribution in [3.05, 3.63) is 0 Å². The molecule has 2 rings (SSSR count). The minimum atomic E-state index is 0.464. The average molecular weight is 185 g/mol. The molecule has 0 aromatic carbocycles. The zero-order chi connectivity index (χ0) is 8.39. The van der Waals surface area contributed by atoms with Gasteiger partial charge in [0.15, 0.2) is 0 Å². The summed E-state index contributed by atoms with van der Waals surface area (Å²) in [5, 5.41) is 0. The zero-order valence-corrected chi connectivity index (χ0v) is 8.11. The van der Waals surface area contributed by atoms with Gasteiger partial charge < -0.3 is 4.90 Å². The first kappa shape index (κ1) is 8.57. The largest absolute Gasteiger partial charge is 0.301 e. The average Bonchev–Trinajstić information content (AvgIpc) is 2.04. The van der Waals surface area contributed by atoms with E-state index in [-0.39, 0.29) is 0 Å². The van der Waals surface area contributed by atoms with Crippen LogP contribution in [0.5, 0.6) is 0 Å². The molecule has 1 aliphatic carbocycles. The Morgan fingerprint density at radius 3 is 2.58 bits per heavy atom. The number of carbonyl (C=O) groups excluding carboxylic acids is 1. The van der Waals surface area contributed by atoms with Gasteiger partial charge in [0.1, 0.15) is 5.78 Å². The summed E-state index contributed by atoms with van der Waals surface area (Å²) in [5.41, 5.74) is 0. The number of thioether (sulfide) groups is 1. The molecule has 0 spiro atoms. The normalized spacial score (nSPS) is 27.2. The number of hydrogen-bond acceptors (Lipinski definition) is 3. The van der Waals surface area contributed by atoms with Crippen LogP contribution in [0.25, 0.3) is 0 Å². The van der Waals surface area contributed by atoms with E-state index in [9.17, 15) is 4.79 Å². The summed E-state index contributed by atoms with van der Waals surface area (Å²) in [6.45, 7) is 3.64. The monoisotopic (exact) mass is 185 g/mol. The maximum atomic E-state index is 10.7. The molecular weight excluding hydrogens is 170 g/mol. The van der Waals surface area contributed by atoms with Gasteiger partial charge in [0, 0.05) is 44.0 Å². The molecule has 0 bridgehead atoms. The highest BCUT2D eigenvalue weighted by atomic mass is 32.2. The van der Waals surface area contributed by atoms with Crippen molar-refractivity contribution >= 4 is 17.5 Å². The van der Waals surface area contributed by atoms with E-state index < -0.39 is 0 Å². The maximum absolute atomic E-state index is 10.7. The highest BCUT2D eigenvalue weighted by Gasteiger charge is 2.28. The van der Waals surface area contributed by atoms with E-state index in [0.717, 1.165) is 12.8 Å². The molecule has 0 aromatic heterocycles. The van der Waals surface area contributed by atoms with Crippen LogP contribution in [-0.4, -0.2) is 41.8 Å². The third-order valence-electron chi connectivity index (χ3n) is 2.65. The van der Waals surface area contributed by atoms with Gasteiger partial charge in [-0.15, -0.1) is 0 Å². The van der Waals surface area contributed by atoms with Crippen molar-refractivity contribution in [1.29, 1.82) is 0 Å². The Balaban J connectivity index is 1.68. The van der Waals surface area contributed by atoms with Gasteiger partial charge in [-0.1, -0.05) is 0 Å². The van der Waals surface area contributed by atoms with Gasteiger partial charge in [-0.2, -0.15) is 11.8 Å². The Hall–Kier alpha value is -0.0200. The van der Waals surface area contributed by atoms with E-state index in [1.165, 1.54) is 31.1 Å². The van der Waals surface area contributed by atoms with Crippen LogP contribution in [0.1, 0.15) is 12.8 Å². The van der Waals surface area contributed by atoms with Crippen molar-refractivity contribution in [2.75, 3.05) is 31.1 Å². The van der Waals surface area contributed by atoms with E-state index in [1.54, 1.807) is 0 Å². The predicted octanol–water partition coefficient (Wildman–Crippen LogP) is 1.01. The van der Waals surface area contributed by atoms with Crippen LogP contribution in [0.3, 0.4) is 0 Å². The highest BCUT2D eigenvalue weighted by molar-refractivity contribution is 7.99. The first-order chi connectivity index (χ1) is 5.84. The molecule has 1 saturated carbocycles. The number of hydrogen-bond donors (Lipinski definition) is 0. The van der Waals surface area contributed by atoms with Crippen molar-refractivity contribution in [3.63, 3.8) is 0 Å². The van der Waals surface area contributed by atoms with Gasteiger partial charge >= 0.3 is 0 Å². The van der Waals surface area contributed by atoms with E-state index in [4.69, 9.17) is 0 Å². The zero-order valence-electron chi connectivity index (χ0n) is 7.29. The Morgan fingerprint density at radius 2 is 2.00 bits per heavy atom. The Kier molecular flexibility index (Phi) is 2.71. The topological polar surface area (TPSA) is 20.3 Å². The molecule has 2 fully saturated rings. The van der Waals surface area contributed by atoms with Crippen LogP contribution in [0.2, 0.25) is 0 Å². The lowest BCUT2D eigenvalue weighted by Crippen LogP contribution is -2.40. The maximum Gasteiger partial charge on any atom is 0.133 e. The molecule has 0 atom stereocenters. The number of nitrogens with zero attached hydrogens (tertiary/aromatic N) is 1. The minimum absolute atomic E-state index is 0.464. The van der Waals surface area contributed by atoms with Crippen LogP contribution in [0, 0.1) is 5.92 Å². The Labute approximate surface area is 77.7 Å². The first-order valence-electron chi connectivity index (χ1n) is 4.66. The number of Topliss-reactive ketones (excluding diaryl/α,β-unsaturated/α-hetero) is 1. The first-order valence-corrected chi connectivity index (χ1v) is 5.82. The van der Waals surface area contributed by atoms with Crippen LogP contribution in [0.4, 0.5) is 0 Å². The quantitative estimate of drug-likeness (QED) is 0.640. The SMILES string of the molecule is O=C1CC(CN2CCSCC2)C1. The molecule has 0 radical (unpaired) electrons. The van der Waals surface area contributed by atoms with Crippen LogP contribution in [0.15, 0.2) is 0 Å². The smallest absolute Gasteiger partial charge is 0.133 e. The molecule has 3 heteroatoms. The second-order valence-corrected chi connectivity index (χ2v) is 4.95. The fourth-order valence-corrected chi connectivity index (χ4v) is 2.84. The molecule has 0 aromatic rings.